The van der Waals surface area contributed by atoms with Crippen LogP contribution in [0.4, 0.5) is 5.13 Å². The number of benzene rings is 1. The molecular formula is C10H9N3OS. The standard InChI is InChI=1S/C10H9N3OS/c1-6(14)7-2-4-8(5-3-7)9-12-13-10(11)15-9/h2-5H,1H3,(H2,11,13). The smallest absolute Gasteiger partial charge is 0.203 e. The lowest BCUT2D eigenvalue weighted by Crippen LogP contribution is -1.90. The molecule has 0 unspecified atom stereocenters. The molecule has 0 radical (unpaired) electrons. The van der Waals surface area contributed by atoms with Crippen molar-refractivity contribution in [3.8, 4) is 10.6 Å². The van der Waals surface area contributed by atoms with Crippen LogP contribution in [0.3, 0.4) is 0 Å². The fourth-order valence-corrected chi connectivity index (χ4v) is 1.81. The Hall–Kier alpha value is -1.75. The van der Waals surface area contributed by atoms with Gasteiger partial charge in [-0.2, -0.15) is 0 Å². The predicted molar refractivity (Wildman–Crippen MR) is 59.8 cm³/mol. The van der Waals surface area contributed by atoms with Gasteiger partial charge < -0.3 is 5.73 Å². The largest absolute Gasteiger partial charge is 0.374 e. The van der Waals surface area contributed by atoms with Gasteiger partial charge in [-0.3, -0.25) is 4.79 Å². The molecule has 1 aromatic carbocycles. The maximum atomic E-state index is 11.1. The van der Waals surface area contributed by atoms with Crippen LogP contribution in [-0.4, -0.2) is 16.0 Å². The summed E-state index contributed by atoms with van der Waals surface area (Å²) in [6.07, 6.45) is 0. The molecule has 0 saturated heterocycles. The highest BCUT2D eigenvalue weighted by molar-refractivity contribution is 7.18. The van der Waals surface area contributed by atoms with Gasteiger partial charge in [-0.05, 0) is 6.92 Å². The lowest BCUT2D eigenvalue weighted by Gasteiger charge is -1.97. The van der Waals surface area contributed by atoms with Gasteiger partial charge in [0, 0.05) is 11.1 Å². The van der Waals surface area contributed by atoms with E-state index in [4.69, 9.17) is 5.73 Å². The van der Waals surface area contributed by atoms with Crippen molar-refractivity contribution in [1.29, 1.82) is 0 Å². The Balaban J connectivity index is 2.35. The third kappa shape index (κ3) is 2.02. The number of ketones is 1. The Morgan fingerprint density at radius 1 is 1.27 bits per heavy atom. The average Bonchev–Trinajstić information content (AvgIpc) is 2.65. The third-order valence-corrected chi connectivity index (χ3v) is 2.78. The van der Waals surface area contributed by atoms with E-state index in [1.807, 2.05) is 12.1 Å². The van der Waals surface area contributed by atoms with Crippen molar-refractivity contribution in [1.82, 2.24) is 10.2 Å². The molecule has 0 amide bonds. The highest BCUT2D eigenvalue weighted by Gasteiger charge is 2.05. The Morgan fingerprint density at radius 2 is 1.93 bits per heavy atom. The van der Waals surface area contributed by atoms with Gasteiger partial charge in [0.05, 0.1) is 0 Å². The van der Waals surface area contributed by atoms with Gasteiger partial charge in [-0.1, -0.05) is 35.6 Å². The van der Waals surface area contributed by atoms with Crippen LogP contribution in [0.5, 0.6) is 0 Å². The summed E-state index contributed by atoms with van der Waals surface area (Å²) in [7, 11) is 0. The molecular weight excluding hydrogens is 210 g/mol. The number of anilines is 1. The summed E-state index contributed by atoms with van der Waals surface area (Å²) in [5, 5.41) is 8.86. The summed E-state index contributed by atoms with van der Waals surface area (Å²) in [6.45, 7) is 1.54. The summed E-state index contributed by atoms with van der Waals surface area (Å²) < 4.78 is 0. The molecule has 0 aliphatic rings. The SMILES string of the molecule is CC(=O)c1ccc(-c2nnc(N)s2)cc1. The Kier molecular flexibility index (Phi) is 2.47. The van der Waals surface area contributed by atoms with E-state index in [9.17, 15) is 4.79 Å². The van der Waals surface area contributed by atoms with Gasteiger partial charge in [0.15, 0.2) is 5.78 Å². The van der Waals surface area contributed by atoms with Gasteiger partial charge in [0.2, 0.25) is 5.13 Å². The first-order chi connectivity index (χ1) is 7.16. The van der Waals surface area contributed by atoms with E-state index in [0.717, 1.165) is 10.6 Å². The van der Waals surface area contributed by atoms with Crippen LogP contribution in [0.15, 0.2) is 24.3 Å². The minimum atomic E-state index is 0.0540. The molecule has 76 valence electrons. The van der Waals surface area contributed by atoms with Gasteiger partial charge in [-0.25, -0.2) is 0 Å². The first kappa shape index (κ1) is 9.79. The van der Waals surface area contributed by atoms with Crippen LogP contribution in [-0.2, 0) is 0 Å². The average molecular weight is 219 g/mol. The number of hydrogen-bond donors (Lipinski definition) is 1. The molecule has 2 rings (SSSR count). The van der Waals surface area contributed by atoms with Crippen molar-refractivity contribution >= 4 is 22.3 Å². The molecule has 0 aliphatic heterocycles. The van der Waals surface area contributed by atoms with Gasteiger partial charge in [0.25, 0.3) is 0 Å². The summed E-state index contributed by atoms with van der Waals surface area (Å²) >= 11 is 1.33. The molecule has 15 heavy (non-hydrogen) atoms. The van der Waals surface area contributed by atoms with E-state index < -0.39 is 0 Å². The Labute approximate surface area is 90.8 Å². The van der Waals surface area contributed by atoms with Crippen molar-refractivity contribution in [2.75, 3.05) is 5.73 Å². The lowest BCUT2D eigenvalue weighted by atomic mass is 10.1. The fraction of sp³-hybridized carbons (Fsp3) is 0.100. The van der Waals surface area contributed by atoms with E-state index in [1.165, 1.54) is 18.3 Å². The zero-order valence-electron chi connectivity index (χ0n) is 8.10. The van der Waals surface area contributed by atoms with E-state index in [-0.39, 0.29) is 5.78 Å². The first-order valence-electron chi connectivity index (χ1n) is 4.37. The first-order valence-corrected chi connectivity index (χ1v) is 5.19. The summed E-state index contributed by atoms with van der Waals surface area (Å²) in [6, 6.07) is 7.23. The van der Waals surface area contributed by atoms with E-state index in [0.29, 0.717) is 10.7 Å². The quantitative estimate of drug-likeness (QED) is 0.784. The summed E-state index contributed by atoms with van der Waals surface area (Å²) in [4.78, 5) is 11.1. The zero-order chi connectivity index (χ0) is 10.8. The number of carbonyl (C=O) groups excluding carboxylic acids is 1. The Bertz CT molecular complexity index is 490. The number of nitrogens with zero attached hydrogens (tertiary/aromatic N) is 2. The third-order valence-electron chi connectivity index (χ3n) is 1.98. The van der Waals surface area contributed by atoms with Crippen LogP contribution >= 0.6 is 11.3 Å². The molecule has 0 fully saturated rings. The van der Waals surface area contributed by atoms with E-state index in [2.05, 4.69) is 10.2 Å². The fourth-order valence-electron chi connectivity index (χ4n) is 1.20. The molecule has 1 aromatic heterocycles. The topological polar surface area (TPSA) is 68.9 Å². The van der Waals surface area contributed by atoms with Crippen molar-refractivity contribution in [2.45, 2.75) is 6.92 Å². The number of aromatic nitrogens is 2. The van der Waals surface area contributed by atoms with Crippen molar-refractivity contribution < 1.29 is 4.79 Å². The monoisotopic (exact) mass is 219 g/mol. The number of hydrogen-bond acceptors (Lipinski definition) is 5. The van der Waals surface area contributed by atoms with Crippen LogP contribution in [0.2, 0.25) is 0 Å². The molecule has 1 heterocycles. The van der Waals surface area contributed by atoms with Crippen LogP contribution < -0.4 is 5.73 Å². The van der Waals surface area contributed by atoms with Crippen molar-refractivity contribution in [2.24, 2.45) is 0 Å². The zero-order valence-corrected chi connectivity index (χ0v) is 8.91. The predicted octanol–water partition coefficient (Wildman–Crippen LogP) is 1.99. The van der Waals surface area contributed by atoms with Crippen molar-refractivity contribution in [3.05, 3.63) is 29.8 Å². The second-order valence-corrected chi connectivity index (χ2v) is 4.09. The summed E-state index contributed by atoms with van der Waals surface area (Å²) in [5.74, 6) is 0.0540. The molecule has 4 nitrogen and oxygen atoms in total. The molecule has 2 aromatic rings. The van der Waals surface area contributed by atoms with Gasteiger partial charge in [-0.15, -0.1) is 10.2 Å². The highest BCUT2D eigenvalue weighted by Crippen LogP contribution is 2.24. The number of Topliss-reactive ketones (excluding diaryl/α,β-unsaturated/α-hetero) is 1. The van der Waals surface area contributed by atoms with E-state index >= 15 is 0 Å². The molecule has 0 aliphatic carbocycles. The molecule has 5 heteroatoms. The maximum Gasteiger partial charge on any atom is 0.203 e. The van der Waals surface area contributed by atoms with Crippen LogP contribution in [0, 0.1) is 0 Å². The minimum Gasteiger partial charge on any atom is -0.374 e. The van der Waals surface area contributed by atoms with Gasteiger partial charge >= 0.3 is 0 Å². The number of rotatable bonds is 2. The lowest BCUT2D eigenvalue weighted by molar-refractivity contribution is 0.101. The van der Waals surface area contributed by atoms with Crippen LogP contribution in [0.25, 0.3) is 10.6 Å². The number of nitrogens with two attached hydrogens (primary N) is 1. The normalized spacial score (nSPS) is 10.2. The molecule has 2 N–H and O–H groups in total. The summed E-state index contributed by atoms with van der Waals surface area (Å²) in [5.41, 5.74) is 7.10. The Morgan fingerprint density at radius 3 is 2.40 bits per heavy atom. The molecule has 0 spiro atoms. The second-order valence-electron chi connectivity index (χ2n) is 3.08. The molecule has 0 bridgehead atoms. The van der Waals surface area contributed by atoms with Crippen LogP contribution in [0.1, 0.15) is 17.3 Å². The maximum absolute atomic E-state index is 11.1. The minimum absolute atomic E-state index is 0.0540. The number of carbonyl (C=O) groups is 1. The second kappa shape index (κ2) is 3.78. The highest BCUT2D eigenvalue weighted by atomic mass is 32.1. The van der Waals surface area contributed by atoms with Gasteiger partial charge in [0.1, 0.15) is 5.01 Å². The molecule has 0 atom stereocenters. The molecule has 0 saturated carbocycles. The van der Waals surface area contributed by atoms with E-state index in [1.54, 1.807) is 12.1 Å². The van der Waals surface area contributed by atoms with Crippen molar-refractivity contribution in [3.63, 3.8) is 0 Å². The number of nitrogen functional groups attached to an aromatic ring is 1.